The van der Waals surface area contributed by atoms with Crippen LogP contribution in [0.25, 0.3) is 5.76 Å². The molecule has 1 N–H and O–H groups in total. The molecule has 2 aromatic carbocycles. The highest BCUT2D eigenvalue weighted by Crippen LogP contribution is 2.42. The Morgan fingerprint density at radius 1 is 1.05 bits per heavy atom. The van der Waals surface area contributed by atoms with E-state index in [-0.39, 0.29) is 11.3 Å². The average Bonchev–Trinajstić information content (AvgIpc) is 3.17. The SMILES string of the molecule is COc1ccccc1[C@@H]1/C(=C(\O)c2ccc(OCC(C)C)cc2)C(=O)C(=O)N1CCCN1CCOCC1. The number of amides is 1. The first-order chi connectivity index (χ1) is 17.9. The Bertz CT molecular complexity index is 1120. The summed E-state index contributed by atoms with van der Waals surface area (Å²) in [5, 5.41) is 11.3. The third-order valence-electron chi connectivity index (χ3n) is 6.66. The Kier molecular flexibility index (Phi) is 8.84. The maximum atomic E-state index is 13.3. The van der Waals surface area contributed by atoms with Gasteiger partial charge in [-0.05, 0) is 42.7 Å². The van der Waals surface area contributed by atoms with E-state index < -0.39 is 17.7 Å². The van der Waals surface area contributed by atoms with E-state index >= 15 is 0 Å². The second-order valence-electron chi connectivity index (χ2n) is 9.77. The van der Waals surface area contributed by atoms with E-state index in [0.717, 1.165) is 19.6 Å². The van der Waals surface area contributed by atoms with Crippen LogP contribution in [-0.2, 0) is 14.3 Å². The minimum atomic E-state index is -0.752. The van der Waals surface area contributed by atoms with Crippen molar-refractivity contribution in [1.29, 1.82) is 0 Å². The summed E-state index contributed by atoms with van der Waals surface area (Å²) in [7, 11) is 1.55. The predicted octanol–water partition coefficient (Wildman–Crippen LogP) is 3.87. The van der Waals surface area contributed by atoms with Crippen molar-refractivity contribution >= 4 is 17.4 Å². The van der Waals surface area contributed by atoms with E-state index in [4.69, 9.17) is 14.2 Å². The summed E-state index contributed by atoms with van der Waals surface area (Å²) < 4.78 is 16.7. The van der Waals surface area contributed by atoms with E-state index in [1.54, 1.807) is 42.3 Å². The van der Waals surface area contributed by atoms with Gasteiger partial charge >= 0.3 is 0 Å². The number of benzene rings is 2. The molecule has 198 valence electrons. The number of carbonyl (C=O) groups is 2. The highest BCUT2D eigenvalue weighted by Gasteiger charge is 2.46. The average molecular weight is 509 g/mol. The fraction of sp³-hybridized carbons (Fsp3) is 0.448. The quantitative estimate of drug-likeness (QED) is 0.296. The topological polar surface area (TPSA) is 88.5 Å². The molecule has 2 saturated heterocycles. The predicted molar refractivity (Wildman–Crippen MR) is 141 cm³/mol. The van der Waals surface area contributed by atoms with Crippen LogP contribution in [0.5, 0.6) is 11.5 Å². The van der Waals surface area contributed by atoms with Gasteiger partial charge in [-0.3, -0.25) is 14.5 Å². The number of rotatable bonds is 10. The van der Waals surface area contributed by atoms with Crippen LogP contribution >= 0.6 is 0 Å². The molecule has 2 aliphatic heterocycles. The molecule has 0 aliphatic carbocycles. The number of nitrogens with zero attached hydrogens (tertiary/aromatic N) is 2. The number of morpholine rings is 1. The zero-order valence-electron chi connectivity index (χ0n) is 21.8. The van der Waals surface area contributed by atoms with Crippen LogP contribution in [0.1, 0.15) is 37.4 Å². The molecule has 2 fully saturated rings. The summed E-state index contributed by atoms with van der Waals surface area (Å²) in [5.74, 6) is 0.0933. The Balaban J connectivity index is 1.65. The lowest BCUT2D eigenvalue weighted by molar-refractivity contribution is -0.140. The normalized spacial score (nSPS) is 20.0. The summed E-state index contributed by atoms with van der Waals surface area (Å²) in [4.78, 5) is 30.4. The van der Waals surface area contributed by atoms with Crippen LogP contribution in [0, 0.1) is 5.92 Å². The second kappa shape index (κ2) is 12.3. The maximum Gasteiger partial charge on any atom is 0.295 e. The largest absolute Gasteiger partial charge is 0.507 e. The fourth-order valence-electron chi connectivity index (χ4n) is 4.74. The lowest BCUT2D eigenvalue weighted by Gasteiger charge is -2.29. The first kappa shape index (κ1) is 26.7. The van der Waals surface area contributed by atoms with Crippen LogP contribution in [-0.4, -0.2) is 79.7 Å². The number of aliphatic hydroxyl groups excluding tert-OH is 1. The lowest BCUT2D eigenvalue weighted by Crippen LogP contribution is -2.39. The minimum Gasteiger partial charge on any atom is -0.507 e. The van der Waals surface area contributed by atoms with Crippen LogP contribution in [0.3, 0.4) is 0 Å². The van der Waals surface area contributed by atoms with Gasteiger partial charge in [0.1, 0.15) is 17.3 Å². The summed E-state index contributed by atoms with van der Waals surface area (Å²) >= 11 is 0. The van der Waals surface area contributed by atoms with E-state index in [0.29, 0.717) is 61.3 Å². The Hall–Kier alpha value is -3.36. The highest BCUT2D eigenvalue weighted by molar-refractivity contribution is 6.46. The molecule has 8 heteroatoms. The highest BCUT2D eigenvalue weighted by atomic mass is 16.5. The standard InChI is InChI=1S/C29H36N2O6/c1-20(2)19-37-22-11-9-21(10-12-22)27(32)25-26(23-7-4-5-8-24(23)35-3)31(29(34)28(25)33)14-6-13-30-15-17-36-18-16-30/h4-5,7-12,20,26,32H,6,13-19H2,1-3H3/b27-25+/t26-/m1/s1. The third-order valence-corrected chi connectivity index (χ3v) is 6.66. The zero-order chi connectivity index (χ0) is 26.4. The maximum absolute atomic E-state index is 13.3. The second-order valence-corrected chi connectivity index (χ2v) is 9.77. The number of methoxy groups -OCH3 is 1. The van der Waals surface area contributed by atoms with Crippen molar-refractivity contribution in [2.24, 2.45) is 5.92 Å². The van der Waals surface area contributed by atoms with Gasteiger partial charge < -0.3 is 24.2 Å². The van der Waals surface area contributed by atoms with Crippen molar-refractivity contribution < 1.29 is 28.9 Å². The number of carbonyl (C=O) groups excluding carboxylic acids is 2. The molecule has 0 radical (unpaired) electrons. The summed E-state index contributed by atoms with van der Waals surface area (Å²) in [6.45, 7) is 8.99. The van der Waals surface area contributed by atoms with Crippen molar-refractivity contribution in [2.75, 3.05) is 53.1 Å². The molecule has 0 bridgehead atoms. The molecule has 0 aromatic heterocycles. The summed E-state index contributed by atoms with van der Waals surface area (Å²) in [5.41, 5.74) is 1.17. The summed E-state index contributed by atoms with van der Waals surface area (Å²) in [6, 6.07) is 13.5. The molecule has 2 aromatic rings. The smallest absolute Gasteiger partial charge is 0.295 e. The number of hydrogen-bond acceptors (Lipinski definition) is 7. The van der Waals surface area contributed by atoms with Crippen molar-refractivity contribution in [3.8, 4) is 11.5 Å². The Morgan fingerprint density at radius 3 is 2.43 bits per heavy atom. The lowest BCUT2D eigenvalue weighted by atomic mass is 9.94. The van der Waals surface area contributed by atoms with E-state index in [2.05, 4.69) is 18.7 Å². The molecule has 2 heterocycles. The van der Waals surface area contributed by atoms with Crippen LogP contribution in [0.4, 0.5) is 0 Å². The van der Waals surface area contributed by atoms with Gasteiger partial charge in [-0.2, -0.15) is 0 Å². The van der Waals surface area contributed by atoms with E-state index in [9.17, 15) is 14.7 Å². The van der Waals surface area contributed by atoms with Gasteiger partial charge in [0, 0.05) is 37.3 Å². The van der Waals surface area contributed by atoms with Crippen LogP contribution in [0.15, 0.2) is 54.1 Å². The monoisotopic (exact) mass is 508 g/mol. The molecular formula is C29H36N2O6. The van der Waals surface area contributed by atoms with Crippen LogP contribution < -0.4 is 9.47 Å². The van der Waals surface area contributed by atoms with Gasteiger partial charge in [-0.25, -0.2) is 0 Å². The Morgan fingerprint density at radius 2 is 1.76 bits per heavy atom. The number of hydrogen-bond donors (Lipinski definition) is 1. The Labute approximate surface area is 218 Å². The molecule has 8 nitrogen and oxygen atoms in total. The number of ketones is 1. The first-order valence-electron chi connectivity index (χ1n) is 12.9. The number of aliphatic hydroxyl groups is 1. The van der Waals surface area contributed by atoms with Crippen molar-refractivity contribution in [1.82, 2.24) is 9.80 Å². The molecule has 4 rings (SSSR count). The van der Waals surface area contributed by atoms with E-state index in [1.807, 2.05) is 18.2 Å². The molecule has 37 heavy (non-hydrogen) atoms. The van der Waals surface area contributed by atoms with Gasteiger partial charge in [0.05, 0.1) is 38.5 Å². The van der Waals surface area contributed by atoms with E-state index in [1.165, 1.54) is 0 Å². The molecule has 1 amide bonds. The third kappa shape index (κ3) is 6.14. The van der Waals surface area contributed by atoms with Gasteiger partial charge in [0.25, 0.3) is 11.7 Å². The van der Waals surface area contributed by atoms with Gasteiger partial charge in [-0.1, -0.05) is 32.0 Å². The number of likely N-dealkylation sites (tertiary alicyclic amines) is 1. The number of para-hydroxylation sites is 1. The molecule has 0 unspecified atom stereocenters. The zero-order valence-corrected chi connectivity index (χ0v) is 21.8. The molecule has 0 spiro atoms. The molecule has 2 aliphatic rings. The molecule has 1 atom stereocenters. The van der Waals surface area contributed by atoms with Gasteiger partial charge in [-0.15, -0.1) is 0 Å². The summed E-state index contributed by atoms with van der Waals surface area (Å²) in [6.07, 6.45) is 0.695. The number of Topliss-reactive ketones (excluding diaryl/α,β-unsaturated/α-hetero) is 1. The molecular weight excluding hydrogens is 472 g/mol. The number of ether oxygens (including phenoxy) is 3. The first-order valence-corrected chi connectivity index (χ1v) is 12.9. The fourth-order valence-corrected chi connectivity index (χ4v) is 4.74. The molecule has 0 saturated carbocycles. The minimum absolute atomic E-state index is 0.0664. The van der Waals surface area contributed by atoms with Crippen molar-refractivity contribution in [3.05, 3.63) is 65.2 Å². The van der Waals surface area contributed by atoms with Crippen molar-refractivity contribution in [2.45, 2.75) is 26.3 Å². The van der Waals surface area contributed by atoms with Crippen LogP contribution in [0.2, 0.25) is 0 Å². The van der Waals surface area contributed by atoms with Gasteiger partial charge in [0.15, 0.2) is 0 Å². The van der Waals surface area contributed by atoms with Crippen molar-refractivity contribution in [3.63, 3.8) is 0 Å². The van der Waals surface area contributed by atoms with Gasteiger partial charge in [0.2, 0.25) is 0 Å².